The first-order chi connectivity index (χ1) is 11.7. The van der Waals surface area contributed by atoms with E-state index in [4.69, 9.17) is 0 Å². The Morgan fingerprint density at radius 3 is 2.36 bits per heavy atom. The molecule has 1 N–H and O–H groups in total. The summed E-state index contributed by atoms with van der Waals surface area (Å²) in [6, 6.07) is 13.5. The fraction of sp³-hybridized carbons (Fsp3) is 0.222. The summed E-state index contributed by atoms with van der Waals surface area (Å²) in [7, 11) is -2.14. The Kier molecular flexibility index (Phi) is 5.58. The highest BCUT2D eigenvalue weighted by atomic mass is 32.2. The number of carbonyl (C=O) groups is 2. The molecule has 0 saturated carbocycles. The van der Waals surface area contributed by atoms with Gasteiger partial charge in [0.2, 0.25) is 10.0 Å². The lowest BCUT2D eigenvalue weighted by Crippen LogP contribution is -2.28. The zero-order chi connectivity index (χ0) is 18.6. The van der Waals surface area contributed by atoms with Crippen molar-refractivity contribution in [3.05, 3.63) is 65.2 Å². The van der Waals surface area contributed by atoms with Gasteiger partial charge >= 0.3 is 0 Å². The molecular formula is C18H20N2O4S. The van der Waals surface area contributed by atoms with Gasteiger partial charge in [-0.3, -0.25) is 13.9 Å². The molecule has 0 radical (unpaired) electrons. The van der Waals surface area contributed by atoms with Gasteiger partial charge in [0.15, 0.2) is 0 Å². The molecule has 0 aliphatic rings. The summed E-state index contributed by atoms with van der Waals surface area (Å²) in [4.78, 5) is 23.7. The van der Waals surface area contributed by atoms with Crippen LogP contribution in [0.5, 0.6) is 0 Å². The lowest BCUT2D eigenvalue weighted by Gasteiger charge is -2.19. The van der Waals surface area contributed by atoms with E-state index in [1.54, 1.807) is 0 Å². The fourth-order valence-corrected chi connectivity index (χ4v) is 2.80. The maximum Gasteiger partial charge on any atom is 0.251 e. The van der Waals surface area contributed by atoms with Crippen molar-refractivity contribution in [2.45, 2.75) is 13.0 Å². The average molecular weight is 360 g/mol. The van der Waals surface area contributed by atoms with Gasteiger partial charge in [-0.05, 0) is 30.7 Å². The van der Waals surface area contributed by atoms with Crippen LogP contribution in [0.15, 0.2) is 48.5 Å². The zero-order valence-electron chi connectivity index (χ0n) is 14.3. The number of anilines is 1. The SMILES string of the molecule is C[C@@H](NC(=O)c1cc(C=O)cc(N(C)S(C)(=O)=O)c1)c1ccccc1. The van der Waals surface area contributed by atoms with Gasteiger partial charge in [-0.2, -0.15) is 0 Å². The molecule has 2 rings (SSSR count). The molecular weight excluding hydrogens is 340 g/mol. The monoisotopic (exact) mass is 360 g/mol. The maximum atomic E-state index is 12.5. The first-order valence-corrected chi connectivity index (χ1v) is 9.47. The van der Waals surface area contributed by atoms with Crippen LogP contribution in [-0.4, -0.2) is 33.9 Å². The number of amides is 1. The van der Waals surface area contributed by atoms with Crippen LogP contribution in [0.25, 0.3) is 0 Å². The van der Waals surface area contributed by atoms with Crippen LogP contribution in [0.1, 0.15) is 39.2 Å². The highest BCUT2D eigenvalue weighted by Gasteiger charge is 2.17. The lowest BCUT2D eigenvalue weighted by molar-refractivity contribution is 0.0940. The third-order valence-electron chi connectivity index (χ3n) is 3.85. The first kappa shape index (κ1) is 18.7. The van der Waals surface area contributed by atoms with Crippen molar-refractivity contribution < 1.29 is 18.0 Å². The molecule has 132 valence electrons. The normalized spacial score (nSPS) is 12.3. The minimum absolute atomic E-state index is 0.220. The van der Waals surface area contributed by atoms with Gasteiger partial charge in [-0.1, -0.05) is 30.3 Å². The van der Waals surface area contributed by atoms with E-state index in [9.17, 15) is 18.0 Å². The fourth-order valence-electron chi connectivity index (χ4n) is 2.31. The van der Waals surface area contributed by atoms with E-state index >= 15 is 0 Å². The zero-order valence-corrected chi connectivity index (χ0v) is 15.1. The largest absolute Gasteiger partial charge is 0.346 e. The van der Waals surface area contributed by atoms with Crippen LogP contribution in [0.2, 0.25) is 0 Å². The van der Waals surface area contributed by atoms with Gasteiger partial charge in [0, 0.05) is 18.2 Å². The number of nitrogens with one attached hydrogen (secondary N) is 1. The second kappa shape index (κ2) is 7.48. The molecule has 2 aromatic carbocycles. The van der Waals surface area contributed by atoms with E-state index in [-0.39, 0.29) is 28.8 Å². The first-order valence-electron chi connectivity index (χ1n) is 7.62. The Morgan fingerprint density at radius 2 is 1.80 bits per heavy atom. The van der Waals surface area contributed by atoms with Crippen LogP contribution in [0, 0.1) is 0 Å². The van der Waals surface area contributed by atoms with E-state index in [1.165, 1.54) is 25.2 Å². The molecule has 0 fully saturated rings. The Bertz CT molecular complexity index is 879. The molecule has 0 saturated heterocycles. The average Bonchev–Trinajstić information content (AvgIpc) is 2.60. The summed E-state index contributed by atoms with van der Waals surface area (Å²) in [5, 5.41) is 2.85. The Morgan fingerprint density at radius 1 is 1.16 bits per heavy atom. The maximum absolute atomic E-state index is 12.5. The molecule has 2 aromatic rings. The van der Waals surface area contributed by atoms with Crippen LogP contribution >= 0.6 is 0 Å². The number of rotatable bonds is 6. The molecule has 0 aliphatic carbocycles. The topological polar surface area (TPSA) is 83.6 Å². The second-order valence-corrected chi connectivity index (χ2v) is 7.78. The summed E-state index contributed by atoms with van der Waals surface area (Å²) in [6.07, 6.45) is 1.63. The minimum atomic E-state index is -3.50. The van der Waals surface area contributed by atoms with E-state index in [2.05, 4.69) is 5.32 Å². The van der Waals surface area contributed by atoms with Crippen molar-refractivity contribution in [1.29, 1.82) is 0 Å². The highest BCUT2D eigenvalue weighted by molar-refractivity contribution is 7.92. The van der Waals surface area contributed by atoms with Crippen molar-refractivity contribution >= 4 is 27.9 Å². The van der Waals surface area contributed by atoms with Crippen molar-refractivity contribution in [3.63, 3.8) is 0 Å². The Labute approximate surface area is 147 Å². The number of sulfonamides is 1. The number of nitrogens with zero attached hydrogens (tertiary/aromatic N) is 1. The predicted octanol–water partition coefficient (Wildman–Crippen LogP) is 2.39. The third-order valence-corrected chi connectivity index (χ3v) is 5.05. The molecule has 0 spiro atoms. The molecule has 1 atom stereocenters. The van der Waals surface area contributed by atoms with E-state index in [0.29, 0.717) is 6.29 Å². The summed E-state index contributed by atoms with van der Waals surface area (Å²) >= 11 is 0. The van der Waals surface area contributed by atoms with Crippen LogP contribution in [-0.2, 0) is 10.0 Å². The van der Waals surface area contributed by atoms with Crippen LogP contribution in [0.4, 0.5) is 5.69 Å². The highest BCUT2D eigenvalue weighted by Crippen LogP contribution is 2.21. The third kappa shape index (κ3) is 4.67. The van der Waals surface area contributed by atoms with E-state index in [0.717, 1.165) is 16.1 Å². The van der Waals surface area contributed by atoms with Gasteiger partial charge in [0.05, 0.1) is 18.0 Å². The molecule has 25 heavy (non-hydrogen) atoms. The van der Waals surface area contributed by atoms with E-state index < -0.39 is 10.0 Å². The van der Waals surface area contributed by atoms with Crippen LogP contribution < -0.4 is 9.62 Å². The van der Waals surface area contributed by atoms with Crippen molar-refractivity contribution in [2.75, 3.05) is 17.6 Å². The second-order valence-electron chi connectivity index (χ2n) is 5.77. The van der Waals surface area contributed by atoms with Crippen molar-refractivity contribution in [3.8, 4) is 0 Å². The molecule has 1 amide bonds. The van der Waals surface area contributed by atoms with Crippen molar-refractivity contribution in [2.24, 2.45) is 0 Å². The number of benzene rings is 2. The molecule has 0 aromatic heterocycles. The van der Waals surface area contributed by atoms with Gasteiger partial charge < -0.3 is 5.32 Å². The summed E-state index contributed by atoms with van der Waals surface area (Å²) in [5.41, 5.74) is 1.64. The van der Waals surface area contributed by atoms with Gasteiger partial charge in [0.25, 0.3) is 5.91 Å². The lowest BCUT2D eigenvalue weighted by atomic mass is 10.1. The van der Waals surface area contributed by atoms with Gasteiger partial charge in [0.1, 0.15) is 6.29 Å². The molecule has 6 nitrogen and oxygen atoms in total. The number of aldehydes is 1. The Hall–Kier alpha value is -2.67. The molecule has 7 heteroatoms. The molecule has 0 bridgehead atoms. The van der Waals surface area contributed by atoms with Crippen molar-refractivity contribution in [1.82, 2.24) is 5.32 Å². The number of hydrogen-bond donors (Lipinski definition) is 1. The summed E-state index contributed by atoms with van der Waals surface area (Å²) in [6.45, 7) is 1.85. The standard InChI is InChI=1S/C18H20N2O4S/c1-13(15-7-5-4-6-8-15)19-18(22)16-9-14(12-21)10-17(11-16)20(2)25(3,23)24/h4-13H,1-3H3,(H,19,22)/t13-/m1/s1. The van der Waals surface area contributed by atoms with E-state index in [1.807, 2.05) is 37.3 Å². The van der Waals surface area contributed by atoms with Gasteiger partial charge in [-0.25, -0.2) is 8.42 Å². The summed E-state index contributed by atoms with van der Waals surface area (Å²) < 4.78 is 24.4. The molecule has 0 unspecified atom stereocenters. The van der Waals surface area contributed by atoms with Crippen LogP contribution in [0.3, 0.4) is 0 Å². The quantitative estimate of drug-likeness (QED) is 0.802. The van der Waals surface area contributed by atoms with Gasteiger partial charge in [-0.15, -0.1) is 0 Å². The Balaban J connectivity index is 2.31. The minimum Gasteiger partial charge on any atom is -0.346 e. The number of hydrogen-bond acceptors (Lipinski definition) is 4. The number of carbonyl (C=O) groups excluding carboxylic acids is 2. The smallest absolute Gasteiger partial charge is 0.251 e. The molecule has 0 heterocycles. The summed E-state index contributed by atoms with van der Waals surface area (Å²) in [5.74, 6) is -0.386. The molecule has 0 aliphatic heterocycles. The predicted molar refractivity (Wildman–Crippen MR) is 97.4 cm³/mol.